The Balaban J connectivity index is 0.00000225. The van der Waals surface area contributed by atoms with Crippen LogP contribution in [0.2, 0.25) is 0 Å². The largest absolute Gasteiger partial charge is 0.358 e. The van der Waals surface area contributed by atoms with Crippen LogP contribution in [0.3, 0.4) is 0 Å². The van der Waals surface area contributed by atoms with Gasteiger partial charge < -0.3 is 16.0 Å². The zero-order chi connectivity index (χ0) is 11.3. The van der Waals surface area contributed by atoms with Crippen LogP contribution < -0.4 is 16.0 Å². The van der Waals surface area contributed by atoms with Crippen molar-refractivity contribution in [2.24, 2.45) is 5.92 Å². The summed E-state index contributed by atoms with van der Waals surface area (Å²) in [6.45, 7) is 3.01. The van der Waals surface area contributed by atoms with Gasteiger partial charge in [-0.1, -0.05) is 6.92 Å². The quantitative estimate of drug-likeness (QED) is 0.639. The summed E-state index contributed by atoms with van der Waals surface area (Å²) in [6.07, 6.45) is 1.80. The van der Waals surface area contributed by atoms with Crippen LogP contribution in [0.15, 0.2) is 0 Å². The number of rotatable bonds is 4. The average molecular weight is 250 g/mol. The summed E-state index contributed by atoms with van der Waals surface area (Å²) in [4.78, 5) is 22.6. The minimum absolute atomic E-state index is 0. The van der Waals surface area contributed by atoms with Crippen LogP contribution in [0.25, 0.3) is 0 Å². The van der Waals surface area contributed by atoms with Crippen LogP contribution in [0.1, 0.15) is 19.8 Å². The van der Waals surface area contributed by atoms with Gasteiger partial charge in [-0.2, -0.15) is 0 Å². The molecule has 0 spiro atoms. The van der Waals surface area contributed by atoms with E-state index in [1.54, 1.807) is 7.05 Å². The first kappa shape index (κ1) is 15.2. The maximum atomic E-state index is 11.7. The van der Waals surface area contributed by atoms with Crippen molar-refractivity contribution in [2.45, 2.75) is 25.8 Å². The fraction of sp³-hybridized carbons (Fsp3) is 0.800. The minimum atomic E-state index is -0.164. The minimum Gasteiger partial charge on any atom is -0.358 e. The van der Waals surface area contributed by atoms with E-state index in [2.05, 4.69) is 22.9 Å². The highest BCUT2D eigenvalue weighted by Gasteiger charge is 2.31. The molecule has 0 aliphatic carbocycles. The third-order valence-corrected chi connectivity index (χ3v) is 2.83. The second-order valence-corrected chi connectivity index (χ2v) is 3.76. The molecule has 0 radical (unpaired) electrons. The molecule has 2 amide bonds. The van der Waals surface area contributed by atoms with Crippen molar-refractivity contribution in [3.05, 3.63) is 0 Å². The van der Waals surface area contributed by atoms with Crippen LogP contribution in [-0.2, 0) is 9.59 Å². The fourth-order valence-corrected chi connectivity index (χ4v) is 1.90. The SMILES string of the molecule is CCC1NCCC1C(=O)NCC(=O)NC.Cl. The number of hydrogen-bond donors (Lipinski definition) is 3. The molecule has 0 aromatic rings. The smallest absolute Gasteiger partial charge is 0.239 e. The molecule has 1 aliphatic rings. The molecule has 2 unspecified atom stereocenters. The van der Waals surface area contributed by atoms with Crippen molar-refractivity contribution in [1.82, 2.24) is 16.0 Å². The Hall–Kier alpha value is -0.810. The van der Waals surface area contributed by atoms with Gasteiger partial charge in [0.1, 0.15) is 0 Å². The number of hydrogen-bond acceptors (Lipinski definition) is 3. The number of likely N-dealkylation sites (N-methyl/N-ethyl adjacent to an activating group) is 1. The van der Waals surface area contributed by atoms with Crippen LogP contribution in [0.5, 0.6) is 0 Å². The second kappa shape index (κ2) is 7.46. The van der Waals surface area contributed by atoms with Gasteiger partial charge in [-0.15, -0.1) is 12.4 Å². The Kier molecular flexibility index (Phi) is 7.08. The molecule has 16 heavy (non-hydrogen) atoms. The van der Waals surface area contributed by atoms with Crippen molar-refractivity contribution in [1.29, 1.82) is 0 Å². The molecular formula is C10H20ClN3O2. The van der Waals surface area contributed by atoms with Gasteiger partial charge in [0, 0.05) is 13.1 Å². The van der Waals surface area contributed by atoms with Gasteiger partial charge in [0.05, 0.1) is 12.5 Å². The maximum absolute atomic E-state index is 11.7. The topological polar surface area (TPSA) is 70.2 Å². The molecule has 1 saturated heterocycles. The molecule has 6 heteroatoms. The van der Waals surface area contributed by atoms with Crippen LogP contribution in [0.4, 0.5) is 0 Å². The molecule has 0 saturated carbocycles. The number of carbonyl (C=O) groups is 2. The summed E-state index contributed by atoms with van der Waals surface area (Å²) in [5.74, 6) is -0.169. The summed E-state index contributed by atoms with van der Waals surface area (Å²) in [5, 5.41) is 8.39. The van der Waals surface area contributed by atoms with E-state index in [1.165, 1.54) is 0 Å². The van der Waals surface area contributed by atoms with Crippen molar-refractivity contribution in [3.63, 3.8) is 0 Å². The zero-order valence-electron chi connectivity index (χ0n) is 9.71. The Bertz CT molecular complexity index is 248. The molecule has 94 valence electrons. The molecule has 1 rings (SSSR count). The lowest BCUT2D eigenvalue weighted by atomic mass is 9.98. The summed E-state index contributed by atoms with van der Waals surface area (Å²) >= 11 is 0. The molecule has 0 aromatic carbocycles. The highest BCUT2D eigenvalue weighted by atomic mass is 35.5. The number of amides is 2. The van der Waals surface area contributed by atoms with Crippen molar-refractivity contribution < 1.29 is 9.59 Å². The first-order valence-electron chi connectivity index (χ1n) is 5.40. The normalized spacial score (nSPS) is 23.4. The summed E-state index contributed by atoms with van der Waals surface area (Å²) in [5.41, 5.74) is 0. The molecule has 0 bridgehead atoms. The highest BCUT2D eigenvalue weighted by molar-refractivity contribution is 5.86. The average Bonchev–Trinajstić information content (AvgIpc) is 2.73. The molecule has 2 atom stereocenters. The van der Waals surface area contributed by atoms with Gasteiger partial charge in [-0.3, -0.25) is 9.59 Å². The Labute approximate surface area is 102 Å². The van der Waals surface area contributed by atoms with Crippen LogP contribution in [0, 0.1) is 5.92 Å². The molecule has 1 heterocycles. The van der Waals surface area contributed by atoms with E-state index in [0.29, 0.717) is 0 Å². The predicted molar refractivity (Wildman–Crippen MR) is 64.5 cm³/mol. The van der Waals surface area contributed by atoms with Gasteiger partial charge in [-0.25, -0.2) is 0 Å². The molecular weight excluding hydrogens is 230 g/mol. The third kappa shape index (κ3) is 3.98. The number of halogens is 1. The van der Waals surface area contributed by atoms with E-state index in [-0.39, 0.29) is 42.7 Å². The molecule has 3 N–H and O–H groups in total. The monoisotopic (exact) mass is 249 g/mol. The van der Waals surface area contributed by atoms with E-state index in [1.807, 2.05) is 0 Å². The lowest BCUT2D eigenvalue weighted by molar-refractivity contribution is -0.128. The molecule has 0 aromatic heterocycles. The van der Waals surface area contributed by atoms with Crippen molar-refractivity contribution in [2.75, 3.05) is 20.1 Å². The molecule has 1 fully saturated rings. The second-order valence-electron chi connectivity index (χ2n) is 3.76. The van der Waals surface area contributed by atoms with Crippen LogP contribution in [-0.4, -0.2) is 38.0 Å². The van der Waals surface area contributed by atoms with Crippen molar-refractivity contribution in [3.8, 4) is 0 Å². The summed E-state index contributed by atoms with van der Waals surface area (Å²) in [7, 11) is 1.56. The van der Waals surface area contributed by atoms with E-state index < -0.39 is 0 Å². The predicted octanol–water partition coefficient (Wildman–Crippen LogP) is -0.341. The fourth-order valence-electron chi connectivity index (χ4n) is 1.90. The molecule has 5 nitrogen and oxygen atoms in total. The molecule has 1 aliphatic heterocycles. The number of nitrogens with one attached hydrogen (secondary N) is 3. The Morgan fingerprint density at radius 3 is 2.69 bits per heavy atom. The summed E-state index contributed by atoms with van der Waals surface area (Å²) in [6, 6.07) is 0.259. The highest BCUT2D eigenvalue weighted by Crippen LogP contribution is 2.17. The van der Waals surface area contributed by atoms with Gasteiger partial charge in [0.15, 0.2) is 0 Å². The number of carbonyl (C=O) groups excluding carboxylic acids is 2. The van der Waals surface area contributed by atoms with E-state index >= 15 is 0 Å². The van der Waals surface area contributed by atoms with Gasteiger partial charge in [0.2, 0.25) is 11.8 Å². The van der Waals surface area contributed by atoms with Gasteiger partial charge >= 0.3 is 0 Å². The first-order valence-corrected chi connectivity index (χ1v) is 5.40. The van der Waals surface area contributed by atoms with Crippen molar-refractivity contribution >= 4 is 24.2 Å². The van der Waals surface area contributed by atoms with E-state index in [9.17, 15) is 9.59 Å². The summed E-state index contributed by atoms with van der Waals surface area (Å²) < 4.78 is 0. The maximum Gasteiger partial charge on any atom is 0.239 e. The van der Waals surface area contributed by atoms with Gasteiger partial charge in [-0.05, 0) is 19.4 Å². The Morgan fingerprint density at radius 1 is 1.44 bits per heavy atom. The third-order valence-electron chi connectivity index (χ3n) is 2.83. The first-order chi connectivity index (χ1) is 7.19. The van der Waals surface area contributed by atoms with Gasteiger partial charge in [0.25, 0.3) is 0 Å². The Morgan fingerprint density at radius 2 is 2.12 bits per heavy atom. The van der Waals surface area contributed by atoms with E-state index in [4.69, 9.17) is 0 Å². The zero-order valence-corrected chi connectivity index (χ0v) is 10.5. The standard InChI is InChI=1S/C10H19N3O2.ClH/c1-3-8-7(4-5-12-8)10(15)13-6-9(14)11-2;/h7-8,12H,3-6H2,1-2H3,(H,11,14)(H,13,15);1H. The lowest BCUT2D eigenvalue weighted by Crippen LogP contribution is -2.42. The lowest BCUT2D eigenvalue weighted by Gasteiger charge is -2.16. The van der Waals surface area contributed by atoms with E-state index in [0.717, 1.165) is 19.4 Å². The van der Waals surface area contributed by atoms with Crippen LogP contribution >= 0.6 is 12.4 Å².